The molecule has 1 aliphatic heterocycles. The first-order chi connectivity index (χ1) is 7.27. The second kappa shape index (κ2) is 4.75. The Balaban J connectivity index is 1.84. The highest BCUT2D eigenvalue weighted by Crippen LogP contribution is 2.17. The lowest BCUT2D eigenvalue weighted by Crippen LogP contribution is -2.30. The standard InChI is InChI=1S/C12H16O3/c1-9-12(13)11(8-14-9)15-7-10-5-3-2-4-6-10/h2-6,9,11-13H,7-8H2,1H3/t9-,11-,12-/m1/s1. The van der Waals surface area contributed by atoms with Gasteiger partial charge in [0.25, 0.3) is 0 Å². The molecule has 1 saturated heterocycles. The van der Waals surface area contributed by atoms with Crippen LogP contribution < -0.4 is 0 Å². The Labute approximate surface area is 89.6 Å². The minimum atomic E-state index is -0.506. The zero-order chi connectivity index (χ0) is 10.7. The van der Waals surface area contributed by atoms with Crippen molar-refractivity contribution in [1.29, 1.82) is 0 Å². The molecule has 82 valence electrons. The van der Waals surface area contributed by atoms with Gasteiger partial charge in [-0.25, -0.2) is 0 Å². The number of benzene rings is 1. The molecular weight excluding hydrogens is 192 g/mol. The zero-order valence-electron chi connectivity index (χ0n) is 8.80. The lowest BCUT2D eigenvalue weighted by atomic mass is 10.2. The van der Waals surface area contributed by atoms with Gasteiger partial charge in [-0.05, 0) is 12.5 Å². The highest BCUT2D eigenvalue weighted by molar-refractivity contribution is 5.13. The fraction of sp³-hybridized carbons (Fsp3) is 0.500. The van der Waals surface area contributed by atoms with E-state index in [-0.39, 0.29) is 12.2 Å². The fourth-order valence-electron chi connectivity index (χ4n) is 1.67. The van der Waals surface area contributed by atoms with E-state index in [1.54, 1.807) is 0 Å². The molecule has 2 rings (SSSR count). The average Bonchev–Trinajstić information content (AvgIpc) is 2.59. The van der Waals surface area contributed by atoms with Gasteiger partial charge in [-0.15, -0.1) is 0 Å². The van der Waals surface area contributed by atoms with E-state index in [2.05, 4.69) is 0 Å². The lowest BCUT2D eigenvalue weighted by molar-refractivity contribution is -0.0243. The molecule has 1 aromatic rings. The molecule has 0 aliphatic carbocycles. The first-order valence-electron chi connectivity index (χ1n) is 5.22. The number of hydrogen-bond donors (Lipinski definition) is 1. The predicted molar refractivity (Wildman–Crippen MR) is 56.4 cm³/mol. The maximum Gasteiger partial charge on any atom is 0.110 e. The Kier molecular flexibility index (Phi) is 3.36. The van der Waals surface area contributed by atoms with Crippen LogP contribution in [0.5, 0.6) is 0 Å². The number of aliphatic hydroxyl groups excluding tert-OH is 1. The third kappa shape index (κ3) is 2.56. The van der Waals surface area contributed by atoms with Crippen molar-refractivity contribution in [2.45, 2.75) is 31.8 Å². The van der Waals surface area contributed by atoms with Crippen LogP contribution >= 0.6 is 0 Å². The molecule has 3 heteroatoms. The van der Waals surface area contributed by atoms with Crippen LogP contribution in [0.15, 0.2) is 30.3 Å². The van der Waals surface area contributed by atoms with Gasteiger partial charge >= 0.3 is 0 Å². The van der Waals surface area contributed by atoms with Crippen molar-refractivity contribution in [3.8, 4) is 0 Å². The van der Waals surface area contributed by atoms with Crippen LogP contribution in [0, 0.1) is 0 Å². The van der Waals surface area contributed by atoms with E-state index in [0.29, 0.717) is 13.2 Å². The second-order valence-electron chi connectivity index (χ2n) is 3.86. The van der Waals surface area contributed by atoms with E-state index < -0.39 is 6.10 Å². The van der Waals surface area contributed by atoms with Crippen LogP contribution in [0.25, 0.3) is 0 Å². The number of rotatable bonds is 3. The monoisotopic (exact) mass is 208 g/mol. The fourth-order valence-corrected chi connectivity index (χ4v) is 1.67. The van der Waals surface area contributed by atoms with Crippen molar-refractivity contribution in [2.24, 2.45) is 0 Å². The molecule has 0 bridgehead atoms. The van der Waals surface area contributed by atoms with Crippen LogP contribution in [0.2, 0.25) is 0 Å². The van der Waals surface area contributed by atoms with Crippen LogP contribution in [-0.4, -0.2) is 30.0 Å². The van der Waals surface area contributed by atoms with Crippen LogP contribution in [0.4, 0.5) is 0 Å². The summed E-state index contributed by atoms with van der Waals surface area (Å²) in [7, 11) is 0. The second-order valence-corrected chi connectivity index (χ2v) is 3.86. The van der Waals surface area contributed by atoms with Gasteiger partial charge < -0.3 is 14.6 Å². The number of aliphatic hydroxyl groups is 1. The summed E-state index contributed by atoms with van der Waals surface area (Å²) in [6, 6.07) is 9.93. The summed E-state index contributed by atoms with van der Waals surface area (Å²) in [6.07, 6.45) is -0.820. The van der Waals surface area contributed by atoms with Crippen molar-refractivity contribution in [3.05, 3.63) is 35.9 Å². The van der Waals surface area contributed by atoms with E-state index in [9.17, 15) is 5.11 Å². The molecule has 3 atom stereocenters. The summed E-state index contributed by atoms with van der Waals surface area (Å²) >= 11 is 0. The quantitative estimate of drug-likeness (QED) is 0.815. The van der Waals surface area contributed by atoms with Gasteiger partial charge in [-0.2, -0.15) is 0 Å². The van der Waals surface area contributed by atoms with Gasteiger partial charge in [-0.3, -0.25) is 0 Å². The molecule has 1 aliphatic rings. The molecule has 3 nitrogen and oxygen atoms in total. The van der Waals surface area contributed by atoms with Gasteiger partial charge in [0.2, 0.25) is 0 Å². The molecular formula is C12H16O3. The largest absolute Gasteiger partial charge is 0.388 e. The number of hydrogen-bond acceptors (Lipinski definition) is 3. The highest BCUT2D eigenvalue weighted by Gasteiger charge is 2.33. The van der Waals surface area contributed by atoms with Gasteiger partial charge in [0.05, 0.1) is 19.3 Å². The molecule has 0 amide bonds. The van der Waals surface area contributed by atoms with Gasteiger partial charge in [0.15, 0.2) is 0 Å². The summed E-state index contributed by atoms with van der Waals surface area (Å²) in [5.74, 6) is 0. The third-order valence-electron chi connectivity index (χ3n) is 2.69. The van der Waals surface area contributed by atoms with Gasteiger partial charge in [0.1, 0.15) is 12.2 Å². The van der Waals surface area contributed by atoms with Crippen molar-refractivity contribution in [2.75, 3.05) is 6.61 Å². The average molecular weight is 208 g/mol. The summed E-state index contributed by atoms with van der Waals surface area (Å²) in [5, 5.41) is 9.69. The van der Waals surface area contributed by atoms with Crippen LogP contribution in [0.3, 0.4) is 0 Å². The van der Waals surface area contributed by atoms with E-state index >= 15 is 0 Å². The van der Waals surface area contributed by atoms with Gasteiger partial charge in [0, 0.05) is 0 Å². The molecule has 0 spiro atoms. The summed E-state index contributed by atoms with van der Waals surface area (Å²) in [5.41, 5.74) is 1.12. The minimum Gasteiger partial charge on any atom is -0.388 e. The smallest absolute Gasteiger partial charge is 0.110 e. The molecule has 1 aromatic carbocycles. The van der Waals surface area contributed by atoms with Crippen molar-refractivity contribution in [3.63, 3.8) is 0 Å². The molecule has 0 unspecified atom stereocenters. The maximum absolute atomic E-state index is 9.69. The maximum atomic E-state index is 9.69. The van der Waals surface area contributed by atoms with E-state index in [0.717, 1.165) is 5.56 Å². The van der Waals surface area contributed by atoms with E-state index in [4.69, 9.17) is 9.47 Å². The Hall–Kier alpha value is -0.900. The topological polar surface area (TPSA) is 38.7 Å². The Morgan fingerprint density at radius 1 is 1.40 bits per heavy atom. The third-order valence-corrected chi connectivity index (χ3v) is 2.69. The number of ether oxygens (including phenoxy) is 2. The van der Waals surface area contributed by atoms with Crippen LogP contribution in [0.1, 0.15) is 12.5 Å². The van der Waals surface area contributed by atoms with E-state index in [1.165, 1.54) is 0 Å². The lowest BCUT2D eigenvalue weighted by Gasteiger charge is -2.15. The predicted octanol–water partition coefficient (Wildman–Crippen LogP) is 1.35. The molecule has 0 aromatic heterocycles. The summed E-state index contributed by atoms with van der Waals surface area (Å²) < 4.78 is 10.9. The van der Waals surface area contributed by atoms with Crippen molar-refractivity contribution in [1.82, 2.24) is 0 Å². The summed E-state index contributed by atoms with van der Waals surface area (Å²) in [6.45, 7) is 2.87. The molecule has 0 saturated carbocycles. The first-order valence-corrected chi connectivity index (χ1v) is 5.22. The molecule has 15 heavy (non-hydrogen) atoms. The molecule has 0 radical (unpaired) electrons. The zero-order valence-corrected chi connectivity index (χ0v) is 8.80. The highest BCUT2D eigenvalue weighted by atomic mass is 16.6. The van der Waals surface area contributed by atoms with Crippen molar-refractivity contribution < 1.29 is 14.6 Å². The normalized spacial score (nSPS) is 30.7. The Morgan fingerprint density at radius 2 is 2.13 bits per heavy atom. The first kappa shape index (κ1) is 10.6. The molecule has 1 heterocycles. The molecule has 1 N–H and O–H groups in total. The SMILES string of the molecule is C[C@H]1OC[C@@H](OCc2ccccc2)[C@@H]1O. The van der Waals surface area contributed by atoms with E-state index in [1.807, 2.05) is 37.3 Å². The van der Waals surface area contributed by atoms with Crippen molar-refractivity contribution >= 4 is 0 Å². The Bertz CT molecular complexity index is 299. The van der Waals surface area contributed by atoms with Gasteiger partial charge in [-0.1, -0.05) is 30.3 Å². The van der Waals surface area contributed by atoms with Crippen LogP contribution in [-0.2, 0) is 16.1 Å². The summed E-state index contributed by atoms with van der Waals surface area (Å²) in [4.78, 5) is 0. The minimum absolute atomic E-state index is 0.120. The molecule has 1 fully saturated rings. The Morgan fingerprint density at radius 3 is 2.73 bits per heavy atom.